The Morgan fingerprint density at radius 2 is 2.29 bits per heavy atom. The molecule has 1 amide bonds. The Morgan fingerprint density at radius 1 is 1.53 bits per heavy atom. The lowest BCUT2D eigenvalue weighted by Crippen LogP contribution is -2.33. The number of amides is 1. The zero-order valence-corrected chi connectivity index (χ0v) is 9.95. The number of nitrogens with one attached hydrogen (secondary N) is 1. The Hall–Kier alpha value is -1.42. The quantitative estimate of drug-likeness (QED) is 0.860. The topological polar surface area (TPSA) is 32.3 Å². The minimum Gasteiger partial charge on any atom is -0.341 e. The van der Waals surface area contributed by atoms with Crippen molar-refractivity contribution >= 4 is 5.91 Å². The van der Waals surface area contributed by atoms with Crippen molar-refractivity contribution in [2.45, 2.75) is 13.0 Å². The molecule has 1 N–H and O–H groups in total. The number of rotatable bonds is 3. The van der Waals surface area contributed by atoms with Gasteiger partial charge in [0.25, 0.3) is 0 Å². The van der Waals surface area contributed by atoms with Crippen LogP contribution in [0.3, 0.4) is 0 Å². The van der Waals surface area contributed by atoms with Crippen LogP contribution in [0.4, 0.5) is 4.39 Å². The molecule has 2 rings (SSSR count). The third-order valence-corrected chi connectivity index (χ3v) is 3.15. The van der Waals surface area contributed by atoms with E-state index < -0.39 is 0 Å². The lowest BCUT2D eigenvalue weighted by atomic mass is 10.1. The Bertz CT molecular complexity index is 402. The van der Waals surface area contributed by atoms with Crippen molar-refractivity contribution < 1.29 is 9.18 Å². The predicted molar refractivity (Wildman–Crippen MR) is 63.9 cm³/mol. The Labute approximate surface area is 101 Å². The first-order chi connectivity index (χ1) is 8.18. The van der Waals surface area contributed by atoms with Gasteiger partial charge in [0.2, 0.25) is 5.91 Å². The molecule has 17 heavy (non-hydrogen) atoms. The van der Waals surface area contributed by atoms with Crippen molar-refractivity contribution in [3.8, 4) is 0 Å². The zero-order valence-electron chi connectivity index (χ0n) is 9.95. The van der Waals surface area contributed by atoms with Gasteiger partial charge in [-0.05, 0) is 19.0 Å². The van der Waals surface area contributed by atoms with E-state index in [1.54, 1.807) is 30.1 Å². The highest BCUT2D eigenvalue weighted by molar-refractivity contribution is 5.79. The van der Waals surface area contributed by atoms with E-state index in [-0.39, 0.29) is 17.6 Å². The highest BCUT2D eigenvalue weighted by atomic mass is 19.1. The van der Waals surface area contributed by atoms with E-state index in [0.29, 0.717) is 12.1 Å². The van der Waals surface area contributed by atoms with Crippen LogP contribution in [-0.4, -0.2) is 30.9 Å². The van der Waals surface area contributed by atoms with Crippen molar-refractivity contribution in [1.29, 1.82) is 0 Å². The van der Waals surface area contributed by atoms with Crippen LogP contribution in [0.15, 0.2) is 24.3 Å². The van der Waals surface area contributed by atoms with Gasteiger partial charge in [0.15, 0.2) is 0 Å². The summed E-state index contributed by atoms with van der Waals surface area (Å²) in [6.07, 6.45) is 0.875. The maximum atomic E-state index is 13.4. The summed E-state index contributed by atoms with van der Waals surface area (Å²) in [5, 5.41) is 3.16. The molecular formula is C13H17FN2O. The number of hydrogen-bond acceptors (Lipinski definition) is 2. The molecule has 1 aromatic carbocycles. The average Bonchev–Trinajstić information content (AvgIpc) is 2.84. The fourth-order valence-corrected chi connectivity index (χ4v) is 2.14. The lowest BCUT2D eigenvalue weighted by molar-refractivity contribution is -0.134. The van der Waals surface area contributed by atoms with Gasteiger partial charge in [-0.2, -0.15) is 0 Å². The molecule has 0 radical (unpaired) electrons. The maximum absolute atomic E-state index is 13.4. The van der Waals surface area contributed by atoms with E-state index in [4.69, 9.17) is 0 Å². The van der Waals surface area contributed by atoms with Crippen LogP contribution < -0.4 is 5.32 Å². The van der Waals surface area contributed by atoms with Crippen molar-refractivity contribution in [2.24, 2.45) is 5.92 Å². The van der Waals surface area contributed by atoms with Crippen LogP contribution >= 0.6 is 0 Å². The first-order valence-corrected chi connectivity index (χ1v) is 5.87. The van der Waals surface area contributed by atoms with Gasteiger partial charge < -0.3 is 10.2 Å². The molecule has 1 fully saturated rings. The van der Waals surface area contributed by atoms with Crippen LogP contribution in [0, 0.1) is 11.7 Å². The molecule has 3 nitrogen and oxygen atoms in total. The van der Waals surface area contributed by atoms with Gasteiger partial charge in [-0.25, -0.2) is 4.39 Å². The third-order valence-electron chi connectivity index (χ3n) is 3.15. The van der Waals surface area contributed by atoms with Crippen molar-refractivity contribution in [3.63, 3.8) is 0 Å². The van der Waals surface area contributed by atoms with Crippen LogP contribution in [0.1, 0.15) is 12.0 Å². The van der Waals surface area contributed by atoms with Gasteiger partial charge in [-0.3, -0.25) is 4.79 Å². The molecule has 4 heteroatoms. The molecule has 1 saturated heterocycles. The first kappa shape index (κ1) is 12.0. The van der Waals surface area contributed by atoms with Gasteiger partial charge in [-0.15, -0.1) is 0 Å². The Kier molecular flexibility index (Phi) is 3.74. The largest absolute Gasteiger partial charge is 0.341 e. The Morgan fingerprint density at radius 3 is 2.94 bits per heavy atom. The van der Waals surface area contributed by atoms with Crippen LogP contribution in [0.25, 0.3) is 0 Å². The number of benzene rings is 1. The minimum atomic E-state index is -0.253. The summed E-state index contributed by atoms with van der Waals surface area (Å²) in [5.74, 6) is -0.110. The summed E-state index contributed by atoms with van der Waals surface area (Å²) in [4.78, 5) is 13.6. The number of halogens is 1. The van der Waals surface area contributed by atoms with Gasteiger partial charge in [0, 0.05) is 25.7 Å². The van der Waals surface area contributed by atoms with E-state index in [9.17, 15) is 9.18 Å². The fourth-order valence-electron chi connectivity index (χ4n) is 2.14. The van der Waals surface area contributed by atoms with E-state index in [1.165, 1.54) is 6.07 Å². The van der Waals surface area contributed by atoms with Crippen LogP contribution in [0.2, 0.25) is 0 Å². The van der Waals surface area contributed by atoms with Gasteiger partial charge in [0.1, 0.15) is 5.82 Å². The SMILES string of the molecule is CN(Cc1ccccc1F)C(=O)[C@H]1CCNC1. The number of carbonyl (C=O) groups is 1. The molecule has 0 aromatic heterocycles. The molecule has 0 spiro atoms. The lowest BCUT2D eigenvalue weighted by Gasteiger charge is -2.20. The second-order valence-electron chi connectivity index (χ2n) is 4.48. The first-order valence-electron chi connectivity index (χ1n) is 5.87. The van der Waals surface area contributed by atoms with E-state index >= 15 is 0 Å². The molecule has 0 saturated carbocycles. The maximum Gasteiger partial charge on any atom is 0.227 e. The summed E-state index contributed by atoms with van der Waals surface area (Å²) in [5.41, 5.74) is 0.564. The number of nitrogens with zero attached hydrogens (tertiary/aromatic N) is 1. The second kappa shape index (κ2) is 5.27. The Balaban J connectivity index is 1.99. The zero-order chi connectivity index (χ0) is 12.3. The van der Waals surface area contributed by atoms with Gasteiger partial charge >= 0.3 is 0 Å². The standard InChI is InChI=1S/C13H17FN2O/c1-16(13(17)10-6-7-15-8-10)9-11-4-2-3-5-12(11)14/h2-5,10,15H,6-9H2,1H3/t10-/m0/s1. The molecular weight excluding hydrogens is 219 g/mol. The van der Waals surface area contributed by atoms with E-state index in [1.807, 2.05) is 0 Å². The number of hydrogen-bond donors (Lipinski definition) is 1. The monoisotopic (exact) mass is 236 g/mol. The highest BCUT2D eigenvalue weighted by Gasteiger charge is 2.25. The molecule has 0 unspecified atom stereocenters. The van der Waals surface area contributed by atoms with Gasteiger partial charge in [-0.1, -0.05) is 18.2 Å². The summed E-state index contributed by atoms with van der Waals surface area (Å²) < 4.78 is 13.4. The van der Waals surface area contributed by atoms with Crippen LogP contribution in [0.5, 0.6) is 0 Å². The molecule has 0 bridgehead atoms. The number of carbonyl (C=O) groups excluding carboxylic acids is 1. The van der Waals surface area contributed by atoms with Gasteiger partial charge in [0.05, 0.1) is 5.92 Å². The summed E-state index contributed by atoms with van der Waals surface area (Å²) in [6, 6.07) is 6.58. The molecule has 1 heterocycles. The van der Waals surface area contributed by atoms with Crippen LogP contribution in [-0.2, 0) is 11.3 Å². The van der Waals surface area contributed by atoms with E-state index in [0.717, 1.165) is 19.5 Å². The smallest absolute Gasteiger partial charge is 0.227 e. The second-order valence-corrected chi connectivity index (χ2v) is 4.48. The molecule has 1 atom stereocenters. The summed E-state index contributed by atoms with van der Waals surface area (Å²) in [6.45, 7) is 1.96. The molecule has 1 aliphatic heterocycles. The predicted octanol–water partition coefficient (Wildman–Crippen LogP) is 1.39. The minimum absolute atomic E-state index is 0.0479. The summed E-state index contributed by atoms with van der Waals surface area (Å²) >= 11 is 0. The molecule has 92 valence electrons. The van der Waals surface area contributed by atoms with Crippen molar-refractivity contribution in [2.75, 3.05) is 20.1 Å². The fraction of sp³-hybridized carbons (Fsp3) is 0.462. The van der Waals surface area contributed by atoms with Crippen molar-refractivity contribution in [3.05, 3.63) is 35.6 Å². The normalized spacial score (nSPS) is 19.3. The third kappa shape index (κ3) is 2.82. The molecule has 1 aromatic rings. The summed E-state index contributed by atoms with van der Waals surface area (Å²) in [7, 11) is 1.73. The average molecular weight is 236 g/mol. The van der Waals surface area contributed by atoms with Crippen molar-refractivity contribution in [1.82, 2.24) is 10.2 Å². The molecule has 0 aliphatic carbocycles. The molecule has 1 aliphatic rings. The van der Waals surface area contributed by atoms with E-state index in [2.05, 4.69) is 5.32 Å². The highest BCUT2D eigenvalue weighted by Crippen LogP contribution is 2.14.